The van der Waals surface area contributed by atoms with Crippen LogP contribution in [0.3, 0.4) is 0 Å². The SMILES string of the molecule is CC.CCC/C=N/N(Cc1cc(C(=O)Nc2c(C)cc(C#N)cc2C(=O)NC)n(-c2ncccc2Cl)n1)NC(C)C(F)(F)F. The van der Waals surface area contributed by atoms with Crippen LogP contribution in [0, 0.1) is 18.3 Å². The minimum atomic E-state index is -4.54. The van der Waals surface area contributed by atoms with Gasteiger partial charge in [0.15, 0.2) is 5.82 Å². The number of aromatic nitrogens is 3. The average Bonchev–Trinajstić information content (AvgIpc) is 3.41. The van der Waals surface area contributed by atoms with E-state index in [1.165, 1.54) is 43.7 Å². The number of hydrazine groups is 1. The van der Waals surface area contributed by atoms with Crippen molar-refractivity contribution in [3.05, 3.63) is 69.6 Å². The second kappa shape index (κ2) is 16.4. The highest BCUT2D eigenvalue weighted by Crippen LogP contribution is 2.26. The van der Waals surface area contributed by atoms with Gasteiger partial charge in [0.05, 0.1) is 40.1 Å². The third-order valence-electron chi connectivity index (χ3n) is 5.89. The Hall–Kier alpha value is -4.48. The van der Waals surface area contributed by atoms with Crippen molar-refractivity contribution in [1.29, 1.82) is 5.26 Å². The number of pyridine rings is 1. The maximum absolute atomic E-state index is 13.7. The van der Waals surface area contributed by atoms with Crippen LogP contribution < -0.4 is 16.1 Å². The molecule has 2 aromatic heterocycles. The number of hydrazone groups is 1. The highest BCUT2D eigenvalue weighted by molar-refractivity contribution is 6.32. The minimum Gasteiger partial charge on any atom is -0.355 e. The summed E-state index contributed by atoms with van der Waals surface area (Å²) < 4.78 is 41.0. The van der Waals surface area contributed by atoms with E-state index in [0.29, 0.717) is 12.0 Å². The predicted molar refractivity (Wildman–Crippen MR) is 163 cm³/mol. The van der Waals surface area contributed by atoms with E-state index < -0.39 is 24.0 Å². The normalized spacial score (nSPS) is 11.8. The molecule has 0 aliphatic carbocycles. The number of rotatable bonds is 11. The summed E-state index contributed by atoms with van der Waals surface area (Å²) in [6, 6.07) is 7.40. The van der Waals surface area contributed by atoms with Crippen molar-refractivity contribution in [1.82, 2.24) is 30.6 Å². The van der Waals surface area contributed by atoms with E-state index in [1.54, 1.807) is 13.0 Å². The van der Waals surface area contributed by atoms with Gasteiger partial charge in [-0.3, -0.25) is 9.59 Å². The van der Waals surface area contributed by atoms with Crippen LogP contribution in [0.1, 0.15) is 78.2 Å². The molecule has 3 rings (SSSR count). The topological polar surface area (TPSA) is 140 Å². The standard InChI is InChI=1S/C27H29ClF3N9O2.C2H6/c1-5-6-10-35-39(37-17(3)27(29,30)31)15-19-13-22(40(38-19)24-21(28)8-7-9-34-24)26(42)36-23-16(2)11-18(14-32)12-20(23)25(41)33-4;1-2/h7-13,17,37H,5-6,15H2,1-4H3,(H,33,41)(H,36,42);1-2H3/b35-10+;. The number of nitrogens with one attached hydrogen (secondary N) is 3. The molecule has 0 aliphatic rings. The fraction of sp³-hybridized carbons (Fsp3) is 0.379. The van der Waals surface area contributed by atoms with Gasteiger partial charge in [0, 0.05) is 19.5 Å². The number of hydrogen-bond donors (Lipinski definition) is 3. The lowest BCUT2D eigenvalue weighted by molar-refractivity contribution is -0.164. The number of nitriles is 1. The van der Waals surface area contributed by atoms with Crippen molar-refractivity contribution in [2.45, 2.75) is 66.2 Å². The number of aryl methyl sites for hydroxylation is 1. The smallest absolute Gasteiger partial charge is 0.355 e. The van der Waals surface area contributed by atoms with Gasteiger partial charge in [-0.05, 0) is 56.2 Å². The molecule has 11 nitrogen and oxygen atoms in total. The molecule has 2 amide bonds. The van der Waals surface area contributed by atoms with Gasteiger partial charge in [-0.2, -0.15) is 28.6 Å². The largest absolute Gasteiger partial charge is 0.405 e. The molecule has 44 heavy (non-hydrogen) atoms. The van der Waals surface area contributed by atoms with Crippen LogP contribution >= 0.6 is 11.6 Å². The van der Waals surface area contributed by atoms with Crippen molar-refractivity contribution in [2.24, 2.45) is 5.10 Å². The third-order valence-corrected chi connectivity index (χ3v) is 6.19. The Morgan fingerprint density at radius 1 is 1.25 bits per heavy atom. The summed E-state index contributed by atoms with van der Waals surface area (Å²) in [5, 5.41) is 24.2. The molecule has 0 fully saturated rings. The number of carbonyl (C=O) groups is 2. The lowest BCUT2D eigenvalue weighted by Gasteiger charge is -2.25. The molecule has 0 saturated carbocycles. The van der Waals surface area contributed by atoms with E-state index in [0.717, 1.165) is 23.1 Å². The molecular weight excluding hydrogens is 599 g/mol. The van der Waals surface area contributed by atoms with Crippen molar-refractivity contribution in [3.8, 4) is 11.9 Å². The minimum absolute atomic E-state index is 0.0614. The van der Waals surface area contributed by atoms with Gasteiger partial charge >= 0.3 is 6.18 Å². The number of benzene rings is 1. The summed E-state index contributed by atoms with van der Waals surface area (Å²) in [7, 11) is 1.41. The molecule has 1 aromatic carbocycles. The zero-order valence-corrected chi connectivity index (χ0v) is 26.0. The van der Waals surface area contributed by atoms with Gasteiger partial charge in [-0.25, -0.2) is 20.2 Å². The summed E-state index contributed by atoms with van der Waals surface area (Å²) >= 11 is 6.35. The molecule has 0 radical (unpaired) electrons. The molecular formula is C29H35ClF3N9O2. The first kappa shape index (κ1) is 35.7. The molecule has 0 spiro atoms. The summed E-state index contributed by atoms with van der Waals surface area (Å²) in [4.78, 5) is 30.4. The first-order valence-electron chi connectivity index (χ1n) is 13.8. The number of carbonyl (C=O) groups excluding carboxylic acids is 2. The number of nitrogens with zero attached hydrogens (tertiary/aromatic N) is 6. The summed E-state index contributed by atoms with van der Waals surface area (Å²) in [5.74, 6) is -1.15. The van der Waals surface area contributed by atoms with Gasteiger partial charge in [0.25, 0.3) is 11.8 Å². The summed E-state index contributed by atoms with van der Waals surface area (Å²) in [6.45, 7) is 8.23. The average molecular weight is 634 g/mol. The van der Waals surface area contributed by atoms with Crippen LogP contribution in [0.25, 0.3) is 5.82 Å². The predicted octanol–water partition coefficient (Wildman–Crippen LogP) is 5.78. The molecule has 1 unspecified atom stereocenters. The quantitative estimate of drug-likeness (QED) is 0.180. The Morgan fingerprint density at radius 2 is 1.95 bits per heavy atom. The van der Waals surface area contributed by atoms with Crippen LogP contribution in [0.5, 0.6) is 0 Å². The van der Waals surface area contributed by atoms with Crippen molar-refractivity contribution in [3.63, 3.8) is 0 Å². The zero-order valence-electron chi connectivity index (χ0n) is 25.3. The Balaban J connectivity index is 0.00000330. The molecule has 3 N–H and O–H groups in total. The molecule has 2 heterocycles. The van der Waals surface area contributed by atoms with Gasteiger partial charge < -0.3 is 10.6 Å². The number of unbranched alkanes of at least 4 members (excludes halogenated alkanes) is 1. The molecule has 3 aromatic rings. The molecule has 0 bridgehead atoms. The Morgan fingerprint density at radius 3 is 2.55 bits per heavy atom. The van der Waals surface area contributed by atoms with E-state index in [1.807, 2.05) is 26.8 Å². The molecule has 15 heteroatoms. The fourth-order valence-corrected chi connectivity index (χ4v) is 3.93. The number of hydrogen-bond acceptors (Lipinski definition) is 8. The van der Waals surface area contributed by atoms with E-state index >= 15 is 0 Å². The van der Waals surface area contributed by atoms with Crippen LogP contribution in [-0.2, 0) is 6.54 Å². The molecule has 236 valence electrons. The van der Waals surface area contributed by atoms with Crippen molar-refractivity contribution in [2.75, 3.05) is 12.4 Å². The van der Waals surface area contributed by atoms with E-state index in [-0.39, 0.29) is 45.6 Å². The fourth-order valence-electron chi connectivity index (χ4n) is 3.73. The Kier molecular flexibility index (Phi) is 13.3. The van der Waals surface area contributed by atoms with Crippen LogP contribution in [-0.4, -0.2) is 57.2 Å². The maximum Gasteiger partial charge on any atom is 0.405 e. The van der Waals surface area contributed by atoms with E-state index in [9.17, 15) is 28.0 Å². The first-order valence-corrected chi connectivity index (χ1v) is 14.2. The lowest BCUT2D eigenvalue weighted by Crippen LogP contribution is -2.47. The monoisotopic (exact) mass is 633 g/mol. The highest BCUT2D eigenvalue weighted by Gasteiger charge is 2.37. The van der Waals surface area contributed by atoms with Crippen LogP contribution in [0.15, 0.2) is 41.6 Å². The summed E-state index contributed by atoms with van der Waals surface area (Å²) in [6.07, 6.45) is -0.360. The second-order valence-electron chi connectivity index (χ2n) is 9.14. The van der Waals surface area contributed by atoms with Gasteiger partial charge in [-0.15, -0.1) is 0 Å². The maximum atomic E-state index is 13.7. The first-order chi connectivity index (χ1) is 20.9. The number of alkyl halides is 3. The van der Waals surface area contributed by atoms with Gasteiger partial charge in [0.2, 0.25) is 0 Å². The molecule has 0 saturated heterocycles. The lowest BCUT2D eigenvalue weighted by atomic mass is 10.0. The van der Waals surface area contributed by atoms with Crippen LogP contribution in [0.2, 0.25) is 5.02 Å². The Bertz CT molecular complexity index is 1520. The number of halogens is 4. The van der Waals surface area contributed by atoms with Crippen molar-refractivity contribution < 1.29 is 22.8 Å². The Labute approximate surface area is 259 Å². The third kappa shape index (κ3) is 9.26. The molecule has 1 atom stereocenters. The number of anilines is 1. The van der Waals surface area contributed by atoms with Gasteiger partial charge in [0.1, 0.15) is 11.7 Å². The van der Waals surface area contributed by atoms with E-state index in [4.69, 9.17) is 11.6 Å². The van der Waals surface area contributed by atoms with Gasteiger partial charge in [-0.1, -0.05) is 38.8 Å². The molecule has 0 aliphatic heterocycles. The second-order valence-corrected chi connectivity index (χ2v) is 9.55. The highest BCUT2D eigenvalue weighted by atomic mass is 35.5. The van der Waals surface area contributed by atoms with Crippen LogP contribution in [0.4, 0.5) is 18.9 Å². The zero-order chi connectivity index (χ0) is 33.0. The van der Waals surface area contributed by atoms with E-state index in [2.05, 4.69) is 31.2 Å². The number of amides is 2. The summed E-state index contributed by atoms with van der Waals surface area (Å²) in [5.41, 5.74) is 3.29. The van der Waals surface area contributed by atoms with Crippen molar-refractivity contribution >= 4 is 35.3 Å².